The Hall–Kier alpha value is -2.99. The maximum absolute atomic E-state index is 12.9. The summed E-state index contributed by atoms with van der Waals surface area (Å²) in [5.74, 6) is -0.0610. The van der Waals surface area contributed by atoms with Gasteiger partial charge >= 0.3 is 0 Å². The van der Waals surface area contributed by atoms with Gasteiger partial charge in [0, 0.05) is 30.5 Å². The first-order chi connectivity index (χ1) is 13.1. The van der Waals surface area contributed by atoms with Crippen LogP contribution in [0.4, 0.5) is 10.3 Å². The molecule has 1 amide bonds. The highest BCUT2D eigenvalue weighted by Gasteiger charge is 2.07. The van der Waals surface area contributed by atoms with E-state index in [-0.39, 0.29) is 11.7 Å². The van der Waals surface area contributed by atoms with Crippen LogP contribution in [0.5, 0.6) is 0 Å². The van der Waals surface area contributed by atoms with Crippen molar-refractivity contribution in [1.82, 2.24) is 15.3 Å². The Kier molecular flexibility index (Phi) is 6.33. The SMILES string of the molecule is O=C(NCc1ccc(Cl)cc1)c1cnc(NCCc2ccc(F)cc2)nc1. The van der Waals surface area contributed by atoms with Gasteiger partial charge in [-0.2, -0.15) is 0 Å². The Morgan fingerprint density at radius 2 is 1.59 bits per heavy atom. The second kappa shape index (κ2) is 9.09. The summed E-state index contributed by atoms with van der Waals surface area (Å²) in [6.07, 6.45) is 3.67. The molecule has 0 fully saturated rings. The van der Waals surface area contributed by atoms with E-state index in [1.807, 2.05) is 12.1 Å². The van der Waals surface area contributed by atoms with Gasteiger partial charge in [-0.1, -0.05) is 35.9 Å². The minimum atomic E-state index is -0.250. The highest BCUT2D eigenvalue weighted by molar-refractivity contribution is 6.30. The van der Waals surface area contributed by atoms with Crippen molar-refractivity contribution in [2.45, 2.75) is 13.0 Å². The Morgan fingerprint density at radius 1 is 0.963 bits per heavy atom. The Balaban J connectivity index is 1.46. The zero-order chi connectivity index (χ0) is 19.1. The molecule has 0 aliphatic rings. The van der Waals surface area contributed by atoms with Gasteiger partial charge in [0.15, 0.2) is 0 Å². The Labute approximate surface area is 161 Å². The van der Waals surface area contributed by atoms with Crippen molar-refractivity contribution in [3.8, 4) is 0 Å². The predicted molar refractivity (Wildman–Crippen MR) is 103 cm³/mol. The first kappa shape index (κ1) is 18.8. The lowest BCUT2D eigenvalue weighted by Gasteiger charge is -2.07. The normalized spacial score (nSPS) is 10.4. The third-order valence-electron chi connectivity index (χ3n) is 3.89. The maximum atomic E-state index is 12.9. The number of nitrogens with one attached hydrogen (secondary N) is 2. The summed E-state index contributed by atoms with van der Waals surface area (Å²) in [5, 5.41) is 6.54. The van der Waals surface area contributed by atoms with E-state index in [4.69, 9.17) is 11.6 Å². The number of halogens is 2. The third kappa shape index (κ3) is 5.76. The van der Waals surface area contributed by atoms with E-state index in [2.05, 4.69) is 20.6 Å². The van der Waals surface area contributed by atoms with Gasteiger partial charge in [0.2, 0.25) is 5.95 Å². The van der Waals surface area contributed by atoms with Crippen LogP contribution in [0.3, 0.4) is 0 Å². The summed E-state index contributed by atoms with van der Waals surface area (Å²) in [5.41, 5.74) is 2.35. The van der Waals surface area contributed by atoms with E-state index >= 15 is 0 Å². The van der Waals surface area contributed by atoms with E-state index in [1.165, 1.54) is 24.5 Å². The monoisotopic (exact) mass is 384 g/mol. The lowest BCUT2D eigenvalue weighted by atomic mass is 10.1. The molecule has 3 rings (SSSR count). The van der Waals surface area contributed by atoms with E-state index in [1.54, 1.807) is 24.3 Å². The molecule has 0 aliphatic carbocycles. The summed E-state index contributed by atoms with van der Waals surface area (Å²) >= 11 is 5.84. The second-order valence-electron chi connectivity index (χ2n) is 5.91. The molecule has 7 heteroatoms. The minimum absolute atomic E-state index is 0.247. The summed E-state index contributed by atoms with van der Waals surface area (Å²) < 4.78 is 12.9. The van der Waals surface area contributed by atoms with Crippen LogP contribution in [0, 0.1) is 5.82 Å². The molecule has 2 aromatic carbocycles. The van der Waals surface area contributed by atoms with Gasteiger partial charge in [-0.3, -0.25) is 4.79 Å². The van der Waals surface area contributed by atoms with Gasteiger partial charge in [-0.25, -0.2) is 14.4 Å². The molecule has 0 bridgehead atoms. The Bertz CT molecular complexity index is 883. The van der Waals surface area contributed by atoms with Crippen molar-refractivity contribution < 1.29 is 9.18 Å². The van der Waals surface area contributed by atoms with Crippen molar-refractivity contribution in [3.05, 3.63) is 88.5 Å². The van der Waals surface area contributed by atoms with Crippen LogP contribution in [0.25, 0.3) is 0 Å². The summed E-state index contributed by atoms with van der Waals surface area (Å²) in [6, 6.07) is 13.6. The molecule has 138 valence electrons. The van der Waals surface area contributed by atoms with Crippen LogP contribution >= 0.6 is 11.6 Å². The van der Waals surface area contributed by atoms with E-state index in [9.17, 15) is 9.18 Å². The van der Waals surface area contributed by atoms with Gasteiger partial charge in [0.05, 0.1) is 5.56 Å². The molecule has 0 saturated heterocycles. The molecule has 5 nitrogen and oxygen atoms in total. The van der Waals surface area contributed by atoms with Crippen molar-refractivity contribution in [2.24, 2.45) is 0 Å². The fourth-order valence-corrected chi connectivity index (χ4v) is 2.52. The molecule has 0 saturated carbocycles. The van der Waals surface area contributed by atoms with Crippen LogP contribution in [-0.2, 0) is 13.0 Å². The highest BCUT2D eigenvalue weighted by atomic mass is 35.5. The zero-order valence-corrected chi connectivity index (χ0v) is 15.2. The molecule has 2 N–H and O–H groups in total. The van der Waals surface area contributed by atoms with Gasteiger partial charge in [-0.05, 0) is 41.8 Å². The fraction of sp³-hybridized carbons (Fsp3) is 0.150. The molecular formula is C20H18ClFN4O. The molecule has 0 radical (unpaired) electrons. The van der Waals surface area contributed by atoms with Gasteiger partial charge < -0.3 is 10.6 Å². The average molecular weight is 385 g/mol. The first-order valence-electron chi connectivity index (χ1n) is 8.43. The topological polar surface area (TPSA) is 66.9 Å². The molecule has 3 aromatic rings. The van der Waals surface area contributed by atoms with Gasteiger partial charge in [0.25, 0.3) is 5.91 Å². The summed E-state index contributed by atoms with van der Waals surface area (Å²) in [6.45, 7) is 1.00. The molecule has 0 unspecified atom stereocenters. The predicted octanol–water partition coefficient (Wildman–Crippen LogP) is 3.85. The van der Waals surface area contributed by atoms with Crippen LogP contribution in [0.1, 0.15) is 21.5 Å². The quantitative estimate of drug-likeness (QED) is 0.649. The molecule has 1 aromatic heterocycles. The number of hydrogen-bond donors (Lipinski definition) is 2. The number of carbonyl (C=O) groups is 1. The lowest BCUT2D eigenvalue weighted by Crippen LogP contribution is -2.23. The number of carbonyl (C=O) groups excluding carboxylic acids is 1. The van der Waals surface area contributed by atoms with Crippen LogP contribution < -0.4 is 10.6 Å². The standard InChI is InChI=1S/C20H18ClFN4O/c21-17-5-1-15(2-6-17)11-24-19(27)16-12-25-20(26-13-16)23-10-9-14-3-7-18(22)8-4-14/h1-8,12-13H,9-11H2,(H,24,27)(H,23,25,26). The number of amides is 1. The first-order valence-corrected chi connectivity index (χ1v) is 8.81. The molecule has 27 heavy (non-hydrogen) atoms. The van der Waals surface area contributed by atoms with Crippen LogP contribution in [0.2, 0.25) is 5.02 Å². The second-order valence-corrected chi connectivity index (χ2v) is 6.34. The number of benzene rings is 2. The number of anilines is 1. The number of rotatable bonds is 7. The molecule has 0 spiro atoms. The van der Waals surface area contributed by atoms with Crippen LogP contribution in [0.15, 0.2) is 60.9 Å². The van der Waals surface area contributed by atoms with E-state index in [0.29, 0.717) is 36.0 Å². The van der Waals surface area contributed by atoms with Crippen LogP contribution in [-0.4, -0.2) is 22.4 Å². The number of aromatic nitrogens is 2. The number of nitrogens with zero attached hydrogens (tertiary/aromatic N) is 2. The zero-order valence-electron chi connectivity index (χ0n) is 14.5. The molecule has 0 atom stereocenters. The van der Waals surface area contributed by atoms with Gasteiger partial charge in [-0.15, -0.1) is 0 Å². The van der Waals surface area contributed by atoms with Crippen molar-refractivity contribution in [2.75, 3.05) is 11.9 Å². The lowest BCUT2D eigenvalue weighted by molar-refractivity contribution is 0.0950. The molecular weight excluding hydrogens is 367 g/mol. The third-order valence-corrected chi connectivity index (χ3v) is 4.14. The van der Waals surface area contributed by atoms with E-state index in [0.717, 1.165) is 11.1 Å². The average Bonchev–Trinajstić information content (AvgIpc) is 2.69. The smallest absolute Gasteiger partial charge is 0.254 e. The summed E-state index contributed by atoms with van der Waals surface area (Å²) in [4.78, 5) is 20.5. The van der Waals surface area contributed by atoms with Crippen molar-refractivity contribution in [1.29, 1.82) is 0 Å². The largest absolute Gasteiger partial charge is 0.354 e. The Morgan fingerprint density at radius 3 is 2.26 bits per heavy atom. The fourth-order valence-electron chi connectivity index (χ4n) is 2.39. The van der Waals surface area contributed by atoms with Crippen molar-refractivity contribution in [3.63, 3.8) is 0 Å². The molecule has 0 aliphatic heterocycles. The summed E-state index contributed by atoms with van der Waals surface area (Å²) in [7, 11) is 0. The van der Waals surface area contributed by atoms with Crippen molar-refractivity contribution >= 4 is 23.5 Å². The number of hydrogen-bond acceptors (Lipinski definition) is 4. The van der Waals surface area contributed by atoms with E-state index < -0.39 is 0 Å². The highest BCUT2D eigenvalue weighted by Crippen LogP contribution is 2.09. The molecule has 1 heterocycles. The van der Waals surface area contributed by atoms with Gasteiger partial charge in [0.1, 0.15) is 5.82 Å². The minimum Gasteiger partial charge on any atom is -0.354 e. The maximum Gasteiger partial charge on any atom is 0.254 e.